The van der Waals surface area contributed by atoms with E-state index in [0.29, 0.717) is 17.9 Å². The maximum atomic E-state index is 11.7. The summed E-state index contributed by atoms with van der Waals surface area (Å²) in [5.74, 6) is 1.89. The van der Waals surface area contributed by atoms with Gasteiger partial charge in [0.2, 0.25) is 0 Å². The van der Waals surface area contributed by atoms with E-state index in [-0.39, 0.29) is 12.0 Å². The molecule has 0 bridgehead atoms. The molecule has 0 aromatic rings. The largest absolute Gasteiger partial charge is 0.468 e. The summed E-state index contributed by atoms with van der Waals surface area (Å²) in [4.78, 5) is 11.7. The molecule has 2 saturated carbocycles. The van der Waals surface area contributed by atoms with Crippen LogP contribution in [0.25, 0.3) is 0 Å². The zero-order valence-electron chi connectivity index (χ0n) is 10.5. The van der Waals surface area contributed by atoms with Gasteiger partial charge >= 0.3 is 5.97 Å². The lowest BCUT2D eigenvalue weighted by Gasteiger charge is -2.25. The topological polar surface area (TPSA) is 38.3 Å². The van der Waals surface area contributed by atoms with Crippen molar-refractivity contribution in [3.8, 4) is 0 Å². The van der Waals surface area contributed by atoms with Crippen molar-refractivity contribution >= 4 is 5.97 Å². The smallest absolute Gasteiger partial charge is 0.323 e. The predicted molar refractivity (Wildman–Crippen MR) is 63.0 cm³/mol. The predicted octanol–water partition coefficient (Wildman–Crippen LogP) is 1.96. The minimum Gasteiger partial charge on any atom is -0.468 e. The first-order valence-corrected chi connectivity index (χ1v) is 6.47. The highest BCUT2D eigenvalue weighted by Gasteiger charge is 2.40. The third kappa shape index (κ3) is 2.40. The minimum atomic E-state index is -0.0748. The molecule has 2 rings (SSSR count). The lowest BCUT2D eigenvalue weighted by Crippen LogP contribution is -2.46. The third-order valence-electron chi connectivity index (χ3n) is 4.41. The molecule has 0 aliphatic heterocycles. The van der Waals surface area contributed by atoms with Crippen LogP contribution in [0.4, 0.5) is 0 Å². The van der Waals surface area contributed by atoms with Crippen molar-refractivity contribution < 1.29 is 9.53 Å². The molecule has 4 atom stereocenters. The molecule has 3 nitrogen and oxygen atoms in total. The molecule has 3 heteroatoms. The number of hydrogen-bond donors (Lipinski definition) is 1. The number of hydrogen-bond acceptors (Lipinski definition) is 3. The van der Waals surface area contributed by atoms with E-state index in [0.717, 1.165) is 5.92 Å². The standard InChI is InChI=1S/C13H23NO2/c1-8-4-7-11(9(8)2)14-12(10-5-6-10)13(15)16-3/h8-12,14H,4-7H2,1-3H3. The number of carbonyl (C=O) groups excluding carboxylic acids is 1. The molecular formula is C13H23NO2. The molecule has 0 saturated heterocycles. The van der Waals surface area contributed by atoms with Gasteiger partial charge in [0, 0.05) is 6.04 Å². The van der Waals surface area contributed by atoms with Crippen LogP contribution >= 0.6 is 0 Å². The molecule has 0 radical (unpaired) electrons. The van der Waals surface area contributed by atoms with E-state index in [4.69, 9.17) is 4.74 Å². The zero-order chi connectivity index (χ0) is 11.7. The Balaban J connectivity index is 1.93. The molecule has 0 amide bonds. The van der Waals surface area contributed by atoms with E-state index in [1.54, 1.807) is 0 Å². The Morgan fingerprint density at radius 1 is 1.25 bits per heavy atom. The van der Waals surface area contributed by atoms with Crippen LogP contribution < -0.4 is 5.32 Å². The Hall–Kier alpha value is -0.570. The second-order valence-electron chi connectivity index (χ2n) is 5.53. The first kappa shape index (κ1) is 11.9. The summed E-state index contributed by atoms with van der Waals surface area (Å²) >= 11 is 0. The molecule has 0 spiro atoms. The maximum Gasteiger partial charge on any atom is 0.323 e. The Kier molecular flexibility index (Phi) is 3.53. The van der Waals surface area contributed by atoms with Crippen LogP contribution in [0.5, 0.6) is 0 Å². The highest BCUT2D eigenvalue weighted by atomic mass is 16.5. The summed E-state index contributed by atoms with van der Waals surface area (Å²) < 4.78 is 4.88. The van der Waals surface area contributed by atoms with Crippen molar-refractivity contribution in [1.29, 1.82) is 0 Å². The summed E-state index contributed by atoms with van der Waals surface area (Å²) in [6.07, 6.45) is 4.81. The number of esters is 1. The third-order valence-corrected chi connectivity index (χ3v) is 4.41. The van der Waals surface area contributed by atoms with Crippen LogP contribution in [0.2, 0.25) is 0 Å². The molecule has 0 aromatic heterocycles. The van der Waals surface area contributed by atoms with E-state index in [2.05, 4.69) is 19.2 Å². The van der Waals surface area contributed by atoms with Gasteiger partial charge in [0.15, 0.2) is 0 Å². The maximum absolute atomic E-state index is 11.7. The van der Waals surface area contributed by atoms with Gasteiger partial charge in [-0.2, -0.15) is 0 Å². The summed E-state index contributed by atoms with van der Waals surface area (Å²) in [7, 11) is 1.49. The van der Waals surface area contributed by atoms with Crippen molar-refractivity contribution in [2.75, 3.05) is 7.11 Å². The molecule has 0 heterocycles. The van der Waals surface area contributed by atoms with E-state index < -0.39 is 0 Å². The van der Waals surface area contributed by atoms with E-state index in [9.17, 15) is 4.79 Å². The van der Waals surface area contributed by atoms with Gasteiger partial charge in [-0.15, -0.1) is 0 Å². The second-order valence-corrected chi connectivity index (χ2v) is 5.53. The summed E-state index contributed by atoms with van der Waals surface area (Å²) in [6.45, 7) is 4.59. The average Bonchev–Trinajstić information content (AvgIpc) is 3.07. The van der Waals surface area contributed by atoms with Gasteiger partial charge in [-0.25, -0.2) is 0 Å². The van der Waals surface area contributed by atoms with E-state index in [1.165, 1.54) is 32.8 Å². The van der Waals surface area contributed by atoms with Crippen LogP contribution in [0.15, 0.2) is 0 Å². The fourth-order valence-corrected chi connectivity index (χ4v) is 2.78. The number of rotatable bonds is 4. The summed E-state index contributed by atoms with van der Waals surface area (Å²) in [5, 5.41) is 3.53. The van der Waals surface area contributed by atoms with Crippen molar-refractivity contribution in [3.05, 3.63) is 0 Å². The van der Waals surface area contributed by atoms with Gasteiger partial charge < -0.3 is 10.1 Å². The summed E-state index contributed by atoms with van der Waals surface area (Å²) in [6, 6.07) is 0.447. The van der Waals surface area contributed by atoms with E-state index >= 15 is 0 Å². The van der Waals surface area contributed by atoms with Crippen LogP contribution in [-0.2, 0) is 9.53 Å². The second kappa shape index (κ2) is 4.74. The Bertz CT molecular complexity index is 263. The minimum absolute atomic E-state index is 0.0530. The normalized spacial score (nSPS) is 36.1. The molecule has 2 aliphatic rings. The lowest BCUT2D eigenvalue weighted by molar-refractivity contribution is -0.144. The van der Waals surface area contributed by atoms with Crippen molar-refractivity contribution in [2.45, 2.75) is 51.6 Å². The Morgan fingerprint density at radius 3 is 2.38 bits per heavy atom. The number of ether oxygens (including phenoxy) is 1. The van der Waals surface area contributed by atoms with Gasteiger partial charge in [-0.3, -0.25) is 4.79 Å². The Morgan fingerprint density at radius 2 is 1.94 bits per heavy atom. The van der Waals surface area contributed by atoms with Crippen molar-refractivity contribution in [3.63, 3.8) is 0 Å². The number of nitrogens with one attached hydrogen (secondary N) is 1. The highest BCUT2D eigenvalue weighted by Crippen LogP contribution is 2.36. The fraction of sp³-hybridized carbons (Fsp3) is 0.923. The van der Waals surface area contributed by atoms with Crippen molar-refractivity contribution in [1.82, 2.24) is 5.32 Å². The van der Waals surface area contributed by atoms with Crippen LogP contribution in [0.1, 0.15) is 39.5 Å². The van der Waals surface area contributed by atoms with Crippen LogP contribution in [0, 0.1) is 17.8 Å². The molecule has 1 N–H and O–H groups in total. The van der Waals surface area contributed by atoms with Gasteiger partial charge in [0.05, 0.1) is 7.11 Å². The zero-order valence-corrected chi connectivity index (χ0v) is 10.5. The fourth-order valence-electron chi connectivity index (χ4n) is 2.78. The molecule has 2 aliphatic carbocycles. The average molecular weight is 225 g/mol. The van der Waals surface area contributed by atoms with Gasteiger partial charge in [0.25, 0.3) is 0 Å². The molecule has 16 heavy (non-hydrogen) atoms. The number of carbonyl (C=O) groups is 1. The monoisotopic (exact) mass is 225 g/mol. The molecule has 0 aromatic carbocycles. The molecule has 2 fully saturated rings. The Labute approximate surface area is 97.9 Å². The van der Waals surface area contributed by atoms with Gasteiger partial charge in [0.1, 0.15) is 6.04 Å². The molecular weight excluding hydrogens is 202 g/mol. The number of methoxy groups -OCH3 is 1. The van der Waals surface area contributed by atoms with Gasteiger partial charge in [-0.1, -0.05) is 13.8 Å². The quantitative estimate of drug-likeness (QED) is 0.743. The summed E-state index contributed by atoms with van der Waals surface area (Å²) in [5.41, 5.74) is 0. The van der Waals surface area contributed by atoms with E-state index in [1.807, 2.05) is 0 Å². The molecule has 92 valence electrons. The first-order valence-electron chi connectivity index (χ1n) is 6.47. The SMILES string of the molecule is COC(=O)C(NC1CCC(C)C1C)C1CC1. The highest BCUT2D eigenvalue weighted by molar-refractivity contribution is 5.76. The lowest BCUT2D eigenvalue weighted by atomic mass is 9.97. The van der Waals surface area contributed by atoms with Crippen LogP contribution in [0.3, 0.4) is 0 Å². The van der Waals surface area contributed by atoms with Gasteiger partial charge in [-0.05, 0) is 43.4 Å². The van der Waals surface area contributed by atoms with Crippen LogP contribution in [-0.4, -0.2) is 25.2 Å². The molecule has 4 unspecified atom stereocenters. The first-order chi connectivity index (χ1) is 7.63. The van der Waals surface area contributed by atoms with Crippen molar-refractivity contribution in [2.24, 2.45) is 17.8 Å².